The van der Waals surface area contributed by atoms with E-state index in [4.69, 9.17) is 16.2 Å². The highest BCUT2D eigenvalue weighted by Gasteiger charge is 2.16. The number of hydrogen-bond acceptors (Lipinski definition) is 4. The minimum Gasteiger partial charge on any atom is -0.378 e. The number of hydrogen-bond donors (Lipinski definition) is 2. The molecule has 5 heteroatoms. The Bertz CT molecular complexity index is 380. The second-order valence-corrected chi connectivity index (χ2v) is 4.15. The van der Waals surface area contributed by atoms with E-state index in [0.717, 1.165) is 18.7 Å². The van der Waals surface area contributed by atoms with Gasteiger partial charge in [0.15, 0.2) is 0 Å². The summed E-state index contributed by atoms with van der Waals surface area (Å²) in [7, 11) is 0. The summed E-state index contributed by atoms with van der Waals surface area (Å²) in [6.45, 7) is 3.04. The lowest BCUT2D eigenvalue weighted by atomic mass is 10.1. The molecule has 1 atom stereocenters. The third-order valence-electron chi connectivity index (χ3n) is 3.01. The van der Waals surface area contributed by atoms with Crippen molar-refractivity contribution in [1.82, 2.24) is 0 Å². The van der Waals surface area contributed by atoms with Crippen LogP contribution in [0, 0.1) is 5.82 Å². The van der Waals surface area contributed by atoms with E-state index in [0.29, 0.717) is 25.4 Å². The predicted octanol–water partition coefficient (Wildman–Crippen LogP) is 0.621. The molecule has 1 fully saturated rings. The highest BCUT2D eigenvalue weighted by Crippen LogP contribution is 2.23. The highest BCUT2D eigenvalue weighted by atomic mass is 19.1. The van der Waals surface area contributed by atoms with E-state index in [1.54, 1.807) is 6.07 Å². The van der Waals surface area contributed by atoms with E-state index in [-0.39, 0.29) is 11.9 Å². The minimum atomic E-state index is -0.303. The molecule has 1 saturated heterocycles. The summed E-state index contributed by atoms with van der Waals surface area (Å²) in [4.78, 5) is 1.98. The molecule has 4 N–H and O–H groups in total. The third kappa shape index (κ3) is 2.74. The molecule has 0 unspecified atom stereocenters. The van der Waals surface area contributed by atoms with Gasteiger partial charge in [0, 0.05) is 25.7 Å². The number of anilines is 1. The summed E-state index contributed by atoms with van der Waals surface area (Å²) in [6, 6.07) is 4.78. The molecule has 0 radical (unpaired) electrons. The van der Waals surface area contributed by atoms with Crippen molar-refractivity contribution in [2.45, 2.75) is 6.04 Å². The van der Waals surface area contributed by atoms with Crippen LogP contribution >= 0.6 is 0 Å². The summed E-state index contributed by atoms with van der Waals surface area (Å²) in [5.41, 5.74) is 12.6. The summed E-state index contributed by atoms with van der Waals surface area (Å²) in [6.07, 6.45) is 0. The molecule has 0 bridgehead atoms. The van der Waals surface area contributed by atoms with E-state index >= 15 is 0 Å². The van der Waals surface area contributed by atoms with Crippen LogP contribution in [0.25, 0.3) is 0 Å². The van der Waals surface area contributed by atoms with Crippen LogP contribution in [0.1, 0.15) is 11.6 Å². The van der Waals surface area contributed by atoms with Crippen molar-refractivity contribution in [3.63, 3.8) is 0 Å². The maximum atomic E-state index is 14.0. The van der Waals surface area contributed by atoms with Crippen molar-refractivity contribution in [2.75, 3.05) is 37.7 Å². The van der Waals surface area contributed by atoms with Gasteiger partial charge in [-0.3, -0.25) is 0 Å². The average Bonchev–Trinajstić information content (AvgIpc) is 2.38. The van der Waals surface area contributed by atoms with Crippen LogP contribution in [0.15, 0.2) is 18.2 Å². The van der Waals surface area contributed by atoms with Crippen LogP contribution in [0.3, 0.4) is 0 Å². The first-order chi connectivity index (χ1) is 8.22. The Kier molecular flexibility index (Phi) is 3.93. The summed E-state index contributed by atoms with van der Waals surface area (Å²) < 4.78 is 19.2. The van der Waals surface area contributed by atoms with Gasteiger partial charge in [-0.2, -0.15) is 0 Å². The maximum absolute atomic E-state index is 14.0. The average molecular weight is 239 g/mol. The largest absolute Gasteiger partial charge is 0.378 e. The molecule has 0 spiro atoms. The lowest BCUT2D eigenvalue weighted by molar-refractivity contribution is 0.122. The zero-order chi connectivity index (χ0) is 12.3. The smallest absolute Gasteiger partial charge is 0.146 e. The van der Waals surface area contributed by atoms with E-state index in [1.165, 1.54) is 6.07 Å². The highest BCUT2D eigenvalue weighted by molar-refractivity contribution is 5.50. The molecule has 0 aromatic heterocycles. The number of nitrogens with zero attached hydrogens (tertiary/aromatic N) is 1. The van der Waals surface area contributed by atoms with Crippen LogP contribution < -0.4 is 16.4 Å². The lowest BCUT2D eigenvalue weighted by Gasteiger charge is -2.29. The van der Waals surface area contributed by atoms with Crippen LogP contribution in [0.5, 0.6) is 0 Å². The molecule has 1 heterocycles. The van der Waals surface area contributed by atoms with Gasteiger partial charge in [0.25, 0.3) is 0 Å². The van der Waals surface area contributed by atoms with Crippen molar-refractivity contribution in [1.29, 1.82) is 0 Å². The lowest BCUT2D eigenvalue weighted by Crippen LogP contribution is -2.36. The number of nitrogens with two attached hydrogens (primary N) is 2. The summed E-state index contributed by atoms with van der Waals surface area (Å²) in [5, 5.41) is 0. The van der Waals surface area contributed by atoms with E-state index in [2.05, 4.69) is 0 Å². The van der Waals surface area contributed by atoms with Gasteiger partial charge < -0.3 is 21.1 Å². The van der Waals surface area contributed by atoms with Gasteiger partial charge in [0.1, 0.15) is 5.82 Å². The number of halogens is 1. The Morgan fingerprint density at radius 3 is 2.65 bits per heavy atom. The maximum Gasteiger partial charge on any atom is 0.146 e. The molecular formula is C12H18FN3O. The molecule has 0 aliphatic carbocycles. The fourth-order valence-electron chi connectivity index (χ4n) is 1.95. The first-order valence-electron chi connectivity index (χ1n) is 5.80. The molecule has 0 saturated carbocycles. The topological polar surface area (TPSA) is 64.5 Å². The number of rotatable bonds is 3. The standard InChI is InChI=1S/C12H18FN3O/c13-10-7-9(11(15)8-14)1-2-12(10)16-3-5-17-6-4-16/h1-2,7,11H,3-6,8,14-15H2/t11-/m1/s1. The summed E-state index contributed by atoms with van der Waals surface area (Å²) in [5.74, 6) is -0.242. The first kappa shape index (κ1) is 12.3. The zero-order valence-electron chi connectivity index (χ0n) is 9.73. The van der Waals surface area contributed by atoms with Crippen molar-refractivity contribution in [3.8, 4) is 0 Å². The van der Waals surface area contributed by atoms with Gasteiger partial charge in [0.2, 0.25) is 0 Å². The predicted molar refractivity (Wildman–Crippen MR) is 65.4 cm³/mol. The molecule has 0 amide bonds. The Hall–Kier alpha value is -1.17. The normalized spacial score (nSPS) is 18.2. The van der Waals surface area contributed by atoms with E-state index < -0.39 is 0 Å². The minimum absolute atomic E-state index is 0.242. The second kappa shape index (κ2) is 5.44. The van der Waals surface area contributed by atoms with Gasteiger partial charge in [-0.15, -0.1) is 0 Å². The molecule has 1 aromatic rings. The Balaban J connectivity index is 2.18. The van der Waals surface area contributed by atoms with Crippen LogP contribution in [0.4, 0.5) is 10.1 Å². The molecule has 17 heavy (non-hydrogen) atoms. The van der Waals surface area contributed by atoms with Gasteiger partial charge in [-0.1, -0.05) is 6.07 Å². The second-order valence-electron chi connectivity index (χ2n) is 4.15. The number of morpholine rings is 1. The molecule has 1 aliphatic heterocycles. The van der Waals surface area contributed by atoms with Gasteiger partial charge in [-0.05, 0) is 17.7 Å². The fourth-order valence-corrected chi connectivity index (χ4v) is 1.95. The van der Waals surface area contributed by atoms with Crippen LogP contribution in [0.2, 0.25) is 0 Å². The van der Waals surface area contributed by atoms with Gasteiger partial charge in [-0.25, -0.2) is 4.39 Å². The van der Waals surface area contributed by atoms with Gasteiger partial charge in [0.05, 0.1) is 18.9 Å². The fraction of sp³-hybridized carbons (Fsp3) is 0.500. The number of benzene rings is 1. The molecule has 4 nitrogen and oxygen atoms in total. The third-order valence-corrected chi connectivity index (χ3v) is 3.01. The first-order valence-corrected chi connectivity index (χ1v) is 5.80. The Labute approximate surface area is 100 Å². The van der Waals surface area contributed by atoms with Crippen molar-refractivity contribution < 1.29 is 9.13 Å². The molecule has 2 rings (SSSR count). The van der Waals surface area contributed by atoms with Crippen molar-refractivity contribution in [2.24, 2.45) is 11.5 Å². The quantitative estimate of drug-likeness (QED) is 0.811. The van der Waals surface area contributed by atoms with Crippen LogP contribution in [-0.2, 0) is 4.74 Å². The molecule has 1 aliphatic rings. The van der Waals surface area contributed by atoms with Crippen molar-refractivity contribution >= 4 is 5.69 Å². The Morgan fingerprint density at radius 2 is 2.06 bits per heavy atom. The van der Waals surface area contributed by atoms with E-state index in [9.17, 15) is 4.39 Å². The monoisotopic (exact) mass is 239 g/mol. The molecular weight excluding hydrogens is 221 g/mol. The Morgan fingerprint density at radius 1 is 1.35 bits per heavy atom. The molecule has 94 valence electrons. The van der Waals surface area contributed by atoms with Crippen molar-refractivity contribution in [3.05, 3.63) is 29.6 Å². The van der Waals surface area contributed by atoms with Crippen LogP contribution in [-0.4, -0.2) is 32.8 Å². The zero-order valence-corrected chi connectivity index (χ0v) is 9.73. The summed E-state index contributed by atoms with van der Waals surface area (Å²) >= 11 is 0. The molecule has 1 aromatic carbocycles. The SMILES string of the molecule is NC[C@@H](N)c1ccc(N2CCOCC2)c(F)c1. The number of ether oxygens (including phenoxy) is 1. The van der Waals surface area contributed by atoms with Gasteiger partial charge >= 0.3 is 0 Å². The van der Waals surface area contributed by atoms with E-state index in [1.807, 2.05) is 11.0 Å².